The van der Waals surface area contributed by atoms with Crippen molar-refractivity contribution in [1.82, 2.24) is 10.2 Å². The van der Waals surface area contributed by atoms with Crippen LogP contribution in [0.1, 0.15) is 65.7 Å². The number of hydrogen-bond donors (Lipinski definition) is 1. The predicted molar refractivity (Wildman–Crippen MR) is 90.4 cm³/mol. The summed E-state index contributed by atoms with van der Waals surface area (Å²) >= 11 is 0. The van der Waals surface area contributed by atoms with E-state index < -0.39 is 11.5 Å². The fourth-order valence-electron chi connectivity index (χ4n) is 3.57. The van der Waals surface area contributed by atoms with Crippen LogP contribution in [0.25, 0.3) is 0 Å². The van der Waals surface area contributed by atoms with Crippen molar-refractivity contribution >= 4 is 6.09 Å². The standard InChI is InChI=1S/C18H32F2N2O2/c1-17(2,3)24-16(23)22(12-8-14-5-4-11-21-13-14)15-6-9-18(19,20)10-7-15/h14-15,21H,4-13H2,1-3H3. The zero-order chi connectivity index (χ0) is 17.8. The minimum absolute atomic E-state index is 0.129. The minimum Gasteiger partial charge on any atom is -0.444 e. The van der Waals surface area contributed by atoms with Crippen LogP contribution in [0, 0.1) is 5.92 Å². The molecule has 1 atom stereocenters. The summed E-state index contributed by atoms with van der Waals surface area (Å²) in [6.45, 7) is 8.14. The van der Waals surface area contributed by atoms with Crippen molar-refractivity contribution in [1.29, 1.82) is 0 Å². The van der Waals surface area contributed by atoms with E-state index >= 15 is 0 Å². The van der Waals surface area contributed by atoms with Gasteiger partial charge in [0.1, 0.15) is 5.60 Å². The van der Waals surface area contributed by atoms with Gasteiger partial charge in [-0.25, -0.2) is 13.6 Å². The molecule has 6 heteroatoms. The molecule has 1 heterocycles. The molecule has 1 saturated heterocycles. The first-order valence-electron chi connectivity index (χ1n) is 9.24. The molecule has 2 fully saturated rings. The van der Waals surface area contributed by atoms with Crippen LogP contribution < -0.4 is 5.32 Å². The van der Waals surface area contributed by atoms with Crippen molar-refractivity contribution in [3.8, 4) is 0 Å². The van der Waals surface area contributed by atoms with Crippen molar-refractivity contribution in [2.45, 2.75) is 83.3 Å². The molecule has 0 spiro atoms. The highest BCUT2D eigenvalue weighted by Crippen LogP contribution is 2.35. The average Bonchev–Trinajstić information content (AvgIpc) is 2.48. The molecule has 2 rings (SSSR count). The third kappa shape index (κ3) is 6.19. The molecule has 1 saturated carbocycles. The maximum atomic E-state index is 13.4. The van der Waals surface area contributed by atoms with E-state index in [2.05, 4.69) is 5.32 Å². The van der Waals surface area contributed by atoms with Crippen molar-refractivity contribution in [3.05, 3.63) is 0 Å². The van der Waals surface area contributed by atoms with Crippen LogP contribution in [0.2, 0.25) is 0 Å². The maximum Gasteiger partial charge on any atom is 0.410 e. The fourth-order valence-corrected chi connectivity index (χ4v) is 3.57. The number of ether oxygens (including phenoxy) is 1. The van der Waals surface area contributed by atoms with Gasteiger partial charge in [-0.2, -0.15) is 0 Å². The summed E-state index contributed by atoms with van der Waals surface area (Å²) in [4.78, 5) is 14.3. The Labute approximate surface area is 144 Å². The van der Waals surface area contributed by atoms with Crippen LogP contribution in [-0.2, 0) is 4.74 Å². The Balaban J connectivity index is 1.96. The van der Waals surface area contributed by atoms with Crippen LogP contribution >= 0.6 is 0 Å². The first-order chi connectivity index (χ1) is 11.2. The average molecular weight is 346 g/mol. The van der Waals surface area contributed by atoms with E-state index in [1.807, 2.05) is 20.8 Å². The third-order valence-corrected chi connectivity index (χ3v) is 4.93. The lowest BCUT2D eigenvalue weighted by Crippen LogP contribution is -2.47. The molecule has 24 heavy (non-hydrogen) atoms. The second kappa shape index (κ2) is 7.98. The van der Waals surface area contributed by atoms with Crippen molar-refractivity contribution in [2.75, 3.05) is 19.6 Å². The molecule has 0 aromatic rings. The van der Waals surface area contributed by atoms with E-state index in [4.69, 9.17) is 4.74 Å². The lowest BCUT2D eigenvalue weighted by Gasteiger charge is -2.38. The number of hydrogen-bond acceptors (Lipinski definition) is 3. The van der Waals surface area contributed by atoms with Gasteiger partial charge in [-0.15, -0.1) is 0 Å². The Hall–Kier alpha value is -0.910. The van der Waals surface area contributed by atoms with E-state index in [9.17, 15) is 13.6 Å². The largest absolute Gasteiger partial charge is 0.444 e. The van der Waals surface area contributed by atoms with Crippen molar-refractivity contribution in [2.24, 2.45) is 5.92 Å². The van der Waals surface area contributed by atoms with E-state index in [1.54, 1.807) is 4.90 Å². The topological polar surface area (TPSA) is 41.6 Å². The van der Waals surface area contributed by atoms with Gasteiger partial charge in [0.05, 0.1) is 0 Å². The summed E-state index contributed by atoms with van der Waals surface area (Å²) in [6.07, 6.45) is 3.30. The fraction of sp³-hybridized carbons (Fsp3) is 0.944. The summed E-state index contributed by atoms with van der Waals surface area (Å²) in [6, 6.07) is -0.129. The number of nitrogens with zero attached hydrogens (tertiary/aromatic N) is 1. The molecular weight excluding hydrogens is 314 g/mol. The van der Waals surface area contributed by atoms with Crippen LogP contribution in [0.3, 0.4) is 0 Å². The number of carbonyl (C=O) groups excluding carboxylic acids is 1. The summed E-state index contributed by atoms with van der Waals surface area (Å²) in [7, 11) is 0. The molecule has 2 aliphatic rings. The highest BCUT2D eigenvalue weighted by molar-refractivity contribution is 5.68. The zero-order valence-electron chi connectivity index (χ0n) is 15.2. The van der Waals surface area contributed by atoms with E-state index in [-0.39, 0.29) is 25.0 Å². The molecule has 1 amide bonds. The smallest absolute Gasteiger partial charge is 0.410 e. The summed E-state index contributed by atoms with van der Waals surface area (Å²) in [5, 5.41) is 3.38. The SMILES string of the molecule is CC(C)(C)OC(=O)N(CCC1CCCNC1)C1CCC(F)(F)CC1. The van der Waals surface area contributed by atoms with Crippen molar-refractivity contribution in [3.63, 3.8) is 0 Å². The van der Waals surface area contributed by atoms with Gasteiger partial charge in [0.25, 0.3) is 0 Å². The number of rotatable bonds is 4. The zero-order valence-corrected chi connectivity index (χ0v) is 15.2. The van der Waals surface area contributed by atoms with Crippen molar-refractivity contribution < 1.29 is 18.3 Å². The maximum absolute atomic E-state index is 13.4. The van der Waals surface area contributed by atoms with Crippen LogP contribution in [0.4, 0.5) is 13.6 Å². The molecule has 1 unspecified atom stereocenters. The normalized spacial score (nSPS) is 25.3. The molecule has 140 valence electrons. The highest BCUT2D eigenvalue weighted by atomic mass is 19.3. The van der Waals surface area contributed by atoms with Gasteiger partial charge in [0, 0.05) is 25.4 Å². The monoisotopic (exact) mass is 346 g/mol. The second-order valence-corrected chi connectivity index (χ2v) is 8.26. The Kier molecular flexibility index (Phi) is 6.46. The van der Waals surface area contributed by atoms with Gasteiger partial charge in [-0.05, 0) is 71.9 Å². The number of nitrogens with one attached hydrogen (secondary N) is 1. The summed E-state index contributed by atoms with van der Waals surface area (Å²) in [5.74, 6) is -2.03. The van der Waals surface area contributed by atoms with Gasteiger partial charge >= 0.3 is 6.09 Å². The Bertz CT molecular complexity index is 408. The molecule has 1 N–H and O–H groups in total. The number of piperidine rings is 1. The van der Waals surface area contributed by atoms with Crippen LogP contribution in [-0.4, -0.2) is 48.2 Å². The van der Waals surface area contributed by atoms with E-state index in [0.717, 1.165) is 32.4 Å². The third-order valence-electron chi connectivity index (χ3n) is 4.93. The lowest BCUT2D eigenvalue weighted by atomic mass is 9.90. The quantitative estimate of drug-likeness (QED) is 0.830. The number of amides is 1. The van der Waals surface area contributed by atoms with E-state index in [0.29, 0.717) is 25.3 Å². The van der Waals surface area contributed by atoms with E-state index in [1.165, 1.54) is 0 Å². The molecule has 0 aromatic heterocycles. The number of carbonyl (C=O) groups is 1. The molecule has 0 bridgehead atoms. The molecule has 4 nitrogen and oxygen atoms in total. The molecule has 1 aliphatic heterocycles. The second-order valence-electron chi connectivity index (χ2n) is 8.26. The Morgan fingerprint density at radius 2 is 1.92 bits per heavy atom. The van der Waals surface area contributed by atoms with Gasteiger partial charge < -0.3 is 15.0 Å². The number of halogens is 2. The first kappa shape index (κ1) is 19.4. The van der Waals surface area contributed by atoms with Crippen LogP contribution in [0.15, 0.2) is 0 Å². The number of alkyl halides is 2. The molecule has 1 aliphatic carbocycles. The predicted octanol–water partition coefficient (Wildman–Crippen LogP) is 4.19. The van der Waals surface area contributed by atoms with Crippen LogP contribution in [0.5, 0.6) is 0 Å². The molecule has 0 aromatic carbocycles. The lowest BCUT2D eigenvalue weighted by molar-refractivity contribution is -0.0575. The minimum atomic E-state index is -2.58. The summed E-state index contributed by atoms with van der Waals surface area (Å²) in [5.41, 5.74) is -0.569. The molecule has 0 radical (unpaired) electrons. The van der Waals surface area contributed by atoms with Gasteiger partial charge in [0.2, 0.25) is 5.92 Å². The Morgan fingerprint density at radius 3 is 2.46 bits per heavy atom. The van der Waals surface area contributed by atoms with Gasteiger partial charge in [-0.1, -0.05) is 0 Å². The van der Waals surface area contributed by atoms with Gasteiger partial charge in [-0.3, -0.25) is 0 Å². The molecular formula is C18H32F2N2O2. The first-order valence-corrected chi connectivity index (χ1v) is 9.24. The highest BCUT2D eigenvalue weighted by Gasteiger charge is 2.39. The van der Waals surface area contributed by atoms with Gasteiger partial charge in [0.15, 0.2) is 0 Å². The Morgan fingerprint density at radius 1 is 1.25 bits per heavy atom. The summed E-state index contributed by atoms with van der Waals surface area (Å²) < 4.78 is 32.4.